The maximum Gasteiger partial charge on any atom is 0.437 e. The Morgan fingerprint density at radius 3 is 2.33 bits per heavy atom. The minimum atomic E-state index is -3.71. The van der Waals surface area contributed by atoms with Crippen LogP contribution in [0.2, 0.25) is 0 Å². The van der Waals surface area contributed by atoms with Crippen LogP contribution in [0, 0.1) is 0 Å². The van der Waals surface area contributed by atoms with Gasteiger partial charge in [-0.3, -0.25) is 0 Å². The van der Waals surface area contributed by atoms with E-state index in [-0.39, 0.29) is 6.61 Å². The van der Waals surface area contributed by atoms with Gasteiger partial charge in [-0.25, -0.2) is 9.36 Å². The first kappa shape index (κ1) is 11.4. The second kappa shape index (κ2) is 5.09. The van der Waals surface area contributed by atoms with Crippen LogP contribution in [-0.4, -0.2) is 26.5 Å². The predicted octanol–water partition coefficient (Wildman–Crippen LogP) is 1.79. The summed E-state index contributed by atoms with van der Waals surface area (Å²) in [4.78, 5) is 10.9. The molecule has 0 amide bonds. The lowest BCUT2D eigenvalue weighted by molar-refractivity contribution is 0.167. The molecule has 0 radical (unpaired) electrons. The Balaban J connectivity index is 4.22. The van der Waals surface area contributed by atoms with Crippen molar-refractivity contribution in [3.8, 4) is 0 Å². The van der Waals surface area contributed by atoms with Gasteiger partial charge in [-0.15, -0.1) is 0 Å². The highest BCUT2D eigenvalue weighted by atomic mass is 31.2. The third-order valence-electron chi connectivity index (χ3n) is 1.03. The summed E-state index contributed by atoms with van der Waals surface area (Å²) in [6.45, 7) is 3.30. The minimum absolute atomic E-state index is 0.0183. The van der Waals surface area contributed by atoms with E-state index in [0.29, 0.717) is 0 Å². The van der Waals surface area contributed by atoms with E-state index in [0.717, 1.165) is 14.2 Å². The van der Waals surface area contributed by atoms with Crippen molar-refractivity contribution in [2.24, 2.45) is 0 Å². The Labute approximate surface area is 70.8 Å². The smallest absolute Gasteiger partial charge is 0.437 e. The summed E-state index contributed by atoms with van der Waals surface area (Å²) < 4.78 is 24.4. The quantitative estimate of drug-likeness (QED) is 0.493. The van der Waals surface area contributed by atoms with Gasteiger partial charge in [0.1, 0.15) is 6.61 Å². The molecule has 0 N–H and O–H groups in total. The van der Waals surface area contributed by atoms with Crippen LogP contribution in [0.3, 0.4) is 0 Å². The molecule has 12 heavy (non-hydrogen) atoms. The Morgan fingerprint density at radius 1 is 1.50 bits per heavy atom. The normalized spacial score (nSPS) is 10.8. The molecule has 0 aromatic carbocycles. The molecule has 5 nitrogen and oxygen atoms in total. The topological polar surface area (TPSA) is 61.8 Å². The van der Waals surface area contributed by atoms with Crippen LogP contribution in [0.25, 0.3) is 0 Å². The maximum atomic E-state index is 11.2. The molecular weight excluding hydrogens is 183 g/mol. The van der Waals surface area contributed by atoms with Crippen molar-refractivity contribution < 1.29 is 23.1 Å². The second-order valence-electron chi connectivity index (χ2n) is 1.73. The Bertz CT molecular complexity index is 204. The summed E-state index contributed by atoms with van der Waals surface area (Å²) in [7, 11) is -1.49. The zero-order valence-corrected chi connectivity index (χ0v) is 7.87. The van der Waals surface area contributed by atoms with Gasteiger partial charge in [0.25, 0.3) is 0 Å². The molecular formula is C6H11O5P. The van der Waals surface area contributed by atoms with Gasteiger partial charge < -0.3 is 13.8 Å². The van der Waals surface area contributed by atoms with Gasteiger partial charge in [0.05, 0.1) is 0 Å². The van der Waals surface area contributed by atoms with Crippen LogP contribution in [0.5, 0.6) is 0 Å². The first-order valence-electron chi connectivity index (χ1n) is 3.10. The van der Waals surface area contributed by atoms with Crippen molar-refractivity contribution in [3.63, 3.8) is 0 Å². The maximum absolute atomic E-state index is 11.2. The average Bonchev–Trinajstić information content (AvgIpc) is 2.12. The van der Waals surface area contributed by atoms with Crippen molar-refractivity contribution in [1.29, 1.82) is 0 Å². The van der Waals surface area contributed by atoms with E-state index in [2.05, 4.69) is 20.4 Å². The third kappa shape index (κ3) is 2.77. The molecule has 0 aliphatic carbocycles. The predicted molar refractivity (Wildman–Crippen MR) is 43.2 cm³/mol. The Hall–Kier alpha value is -0.640. The van der Waals surface area contributed by atoms with Gasteiger partial charge in [0.2, 0.25) is 0 Å². The molecule has 0 fully saturated rings. The van der Waals surface area contributed by atoms with E-state index in [1.807, 2.05) is 0 Å². The third-order valence-corrected chi connectivity index (χ3v) is 2.57. The first-order chi connectivity index (χ1) is 5.60. The highest BCUT2D eigenvalue weighted by Gasteiger charge is 2.34. The summed E-state index contributed by atoms with van der Waals surface area (Å²) in [5.74, 6) is 0. The molecule has 0 aliphatic rings. The second-order valence-corrected chi connectivity index (χ2v) is 3.82. The summed E-state index contributed by atoms with van der Waals surface area (Å²) in [5, 5.41) is 0. The van der Waals surface area contributed by atoms with E-state index in [9.17, 15) is 9.36 Å². The van der Waals surface area contributed by atoms with E-state index < -0.39 is 13.3 Å². The lowest BCUT2D eigenvalue weighted by Gasteiger charge is -2.10. The number of ether oxygens (including phenoxy) is 1. The summed E-state index contributed by atoms with van der Waals surface area (Å²) in [6.07, 6.45) is 1.35. The summed E-state index contributed by atoms with van der Waals surface area (Å²) in [5.41, 5.74) is -1.01. The molecule has 6 heteroatoms. The molecule has 0 aromatic heterocycles. The average molecular weight is 194 g/mol. The summed E-state index contributed by atoms with van der Waals surface area (Å²) in [6, 6.07) is 0. The lowest BCUT2D eigenvalue weighted by Crippen LogP contribution is -2.06. The molecule has 0 bridgehead atoms. The Kier molecular flexibility index (Phi) is 4.81. The minimum Gasteiger partial charge on any atom is -0.452 e. The van der Waals surface area contributed by atoms with E-state index in [4.69, 9.17) is 0 Å². The van der Waals surface area contributed by atoms with Crippen molar-refractivity contribution in [1.82, 2.24) is 0 Å². The first-order valence-corrected chi connectivity index (χ1v) is 4.64. The van der Waals surface area contributed by atoms with Gasteiger partial charge in [0, 0.05) is 14.2 Å². The van der Waals surface area contributed by atoms with Gasteiger partial charge in [-0.2, -0.15) is 0 Å². The highest BCUT2D eigenvalue weighted by Crippen LogP contribution is 2.48. The van der Waals surface area contributed by atoms with Crippen molar-refractivity contribution >= 4 is 13.3 Å². The van der Waals surface area contributed by atoms with Crippen molar-refractivity contribution in [3.05, 3.63) is 12.7 Å². The van der Waals surface area contributed by atoms with Gasteiger partial charge in [0.15, 0.2) is 0 Å². The molecule has 0 atom stereocenters. The molecule has 0 rings (SSSR count). The molecule has 0 saturated heterocycles. The monoisotopic (exact) mass is 194 g/mol. The zero-order chi connectivity index (χ0) is 9.61. The van der Waals surface area contributed by atoms with E-state index >= 15 is 0 Å². The Morgan fingerprint density at radius 2 is 2.00 bits per heavy atom. The fourth-order valence-corrected chi connectivity index (χ4v) is 1.11. The SMILES string of the molecule is C=CCOC(=O)P(=O)(OC)OC. The largest absolute Gasteiger partial charge is 0.452 e. The fraction of sp³-hybridized carbons (Fsp3) is 0.500. The fourth-order valence-electron chi connectivity index (χ4n) is 0.433. The van der Waals surface area contributed by atoms with Crippen molar-refractivity contribution in [2.75, 3.05) is 20.8 Å². The van der Waals surface area contributed by atoms with Crippen LogP contribution in [0.15, 0.2) is 12.7 Å². The van der Waals surface area contributed by atoms with E-state index in [1.54, 1.807) is 0 Å². The van der Waals surface area contributed by atoms with Crippen LogP contribution in [0.1, 0.15) is 0 Å². The molecule has 0 unspecified atom stereocenters. The van der Waals surface area contributed by atoms with E-state index in [1.165, 1.54) is 6.08 Å². The zero-order valence-electron chi connectivity index (χ0n) is 6.98. The molecule has 0 saturated carbocycles. The molecule has 0 heterocycles. The van der Waals surface area contributed by atoms with Crippen molar-refractivity contribution in [2.45, 2.75) is 0 Å². The van der Waals surface area contributed by atoms with Gasteiger partial charge in [-0.05, 0) is 0 Å². The standard InChI is InChI=1S/C6H11O5P/c1-4-5-11-6(7)12(8,9-2)10-3/h4H,1,5H2,2-3H3. The van der Waals surface area contributed by atoms with Crippen LogP contribution >= 0.6 is 7.60 Å². The number of rotatable bonds is 5. The van der Waals surface area contributed by atoms with Crippen LogP contribution < -0.4 is 0 Å². The molecule has 0 spiro atoms. The number of hydrogen-bond acceptors (Lipinski definition) is 5. The lowest BCUT2D eigenvalue weighted by atomic mass is 10.7. The highest BCUT2D eigenvalue weighted by molar-refractivity contribution is 7.71. The van der Waals surface area contributed by atoms with Gasteiger partial charge in [-0.1, -0.05) is 12.7 Å². The molecule has 0 aromatic rings. The number of hydrogen-bond donors (Lipinski definition) is 0. The van der Waals surface area contributed by atoms with Crippen LogP contribution in [0.4, 0.5) is 4.79 Å². The van der Waals surface area contributed by atoms with Crippen LogP contribution in [-0.2, 0) is 18.3 Å². The summed E-state index contributed by atoms with van der Waals surface area (Å²) >= 11 is 0. The molecule has 70 valence electrons. The number of carbonyl (C=O) groups is 1. The molecule has 0 aliphatic heterocycles. The van der Waals surface area contributed by atoms with Gasteiger partial charge >= 0.3 is 13.3 Å². The number of carbonyl (C=O) groups excluding carboxylic acids is 1.